The van der Waals surface area contributed by atoms with Gasteiger partial charge in [0, 0.05) is 11.6 Å². The van der Waals surface area contributed by atoms with Gasteiger partial charge in [-0.05, 0) is 28.1 Å². The number of aliphatic hydroxyl groups excluding tert-OH is 1. The van der Waals surface area contributed by atoms with E-state index < -0.39 is 6.10 Å². The van der Waals surface area contributed by atoms with Crippen molar-refractivity contribution in [3.05, 3.63) is 41.2 Å². The van der Waals surface area contributed by atoms with Gasteiger partial charge in [-0.15, -0.1) is 5.10 Å². The standard InChI is InChI=1S/C11H12ClN5O2/c12-9-3-1-8(2-4-9)10(18)5-13-11(19)6-17-7-14-15-16-17/h1-4,7,10,18H,5-6H2,(H,13,19). The van der Waals surface area contributed by atoms with Gasteiger partial charge in [0.1, 0.15) is 12.9 Å². The Morgan fingerprint density at radius 2 is 2.16 bits per heavy atom. The number of aromatic nitrogens is 4. The van der Waals surface area contributed by atoms with Crippen LogP contribution in [-0.4, -0.2) is 37.8 Å². The molecular formula is C11H12ClN5O2. The van der Waals surface area contributed by atoms with Gasteiger partial charge in [-0.25, -0.2) is 4.68 Å². The first-order valence-electron chi connectivity index (χ1n) is 5.56. The van der Waals surface area contributed by atoms with Gasteiger partial charge in [-0.3, -0.25) is 4.79 Å². The predicted octanol–water partition coefficient (Wildman–Crippen LogP) is 0.176. The lowest BCUT2D eigenvalue weighted by Gasteiger charge is -2.12. The third-order valence-electron chi connectivity index (χ3n) is 2.44. The summed E-state index contributed by atoms with van der Waals surface area (Å²) in [5.41, 5.74) is 0.687. The predicted molar refractivity (Wildman–Crippen MR) is 67.2 cm³/mol. The third-order valence-corrected chi connectivity index (χ3v) is 2.70. The molecule has 1 atom stereocenters. The van der Waals surface area contributed by atoms with Gasteiger partial charge < -0.3 is 10.4 Å². The molecule has 0 bridgehead atoms. The lowest BCUT2D eigenvalue weighted by Crippen LogP contribution is -2.31. The summed E-state index contributed by atoms with van der Waals surface area (Å²) in [7, 11) is 0. The minimum Gasteiger partial charge on any atom is -0.387 e. The fourth-order valence-corrected chi connectivity index (χ4v) is 1.60. The van der Waals surface area contributed by atoms with E-state index in [0.717, 1.165) is 0 Å². The fraction of sp³-hybridized carbons (Fsp3) is 0.273. The van der Waals surface area contributed by atoms with Crippen LogP contribution in [0.1, 0.15) is 11.7 Å². The highest BCUT2D eigenvalue weighted by Gasteiger charge is 2.10. The van der Waals surface area contributed by atoms with Crippen LogP contribution in [0.25, 0.3) is 0 Å². The highest BCUT2D eigenvalue weighted by Crippen LogP contribution is 2.15. The molecule has 1 unspecified atom stereocenters. The Labute approximate surface area is 114 Å². The van der Waals surface area contributed by atoms with Crippen LogP contribution in [0, 0.1) is 0 Å². The first-order chi connectivity index (χ1) is 9.15. The number of hydrogen-bond donors (Lipinski definition) is 2. The molecule has 2 aromatic rings. The van der Waals surface area contributed by atoms with Crippen LogP contribution in [0.3, 0.4) is 0 Å². The highest BCUT2D eigenvalue weighted by atomic mass is 35.5. The van der Waals surface area contributed by atoms with Crippen LogP contribution in [0.15, 0.2) is 30.6 Å². The van der Waals surface area contributed by atoms with Crippen LogP contribution in [-0.2, 0) is 11.3 Å². The molecule has 0 fully saturated rings. The van der Waals surface area contributed by atoms with E-state index in [1.54, 1.807) is 24.3 Å². The number of benzene rings is 1. The van der Waals surface area contributed by atoms with E-state index in [2.05, 4.69) is 20.8 Å². The summed E-state index contributed by atoms with van der Waals surface area (Å²) in [5, 5.41) is 23.5. The number of halogens is 1. The second-order valence-corrected chi connectivity index (χ2v) is 4.32. The quantitative estimate of drug-likeness (QED) is 0.815. The van der Waals surface area contributed by atoms with Crippen LogP contribution in [0.2, 0.25) is 5.02 Å². The largest absolute Gasteiger partial charge is 0.387 e. The monoisotopic (exact) mass is 281 g/mol. The number of tetrazole rings is 1. The molecule has 2 rings (SSSR count). The Balaban J connectivity index is 1.81. The zero-order valence-electron chi connectivity index (χ0n) is 9.90. The van der Waals surface area contributed by atoms with Crippen molar-refractivity contribution in [1.82, 2.24) is 25.5 Å². The molecule has 1 heterocycles. The number of carbonyl (C=O) groups is 1. The maximum Gasteiger partial charge on any atom is 0.241 e. The summed E-state index contributed by atoms with van der Waals surface area (Å²) in [6.07, 6.45) is 0.560. The van der Waals surface area contributed by atoms with E-state index in [0.29, 0.717) is 10.6 Å². The number of amides is 1. The molecule has 0 aliphatic carbocycles. The zero-order valence-corrected chi connectivity index (χ0v) is 10.7. The van der Waals surface area contributed by atoms with Gasteiger partial charge in [0.05, 0.1) is 6.10 Å². The molecule has 1 aromatic carbocycles. The molecule has 1 aromatic heterocycles. The number of rotatable bonds is 5. The van der Waals surface area contributed by atoms with Gasteiger partial charge in [0.25, 0.3) is 0 Å². The number of aliphatic hydroxyl groups is 1. The number of nitrogens with zero attached hydrogens (tertiary/aromatic N) is 4. The molecule has 19 heavy (non-hydrogen) atoms. The van der Waals surface area contributed by atoms with E-state index in [-0.39, 0.29) is 19.0 Å². The van der Waals surface area contributed by atoms with Crippen LogP contribution in [0.4, 0.5) is 0 Å². The summed E-state index contributed by atoms with van der Waals surface area (Å²) in [6, 6.07) is 6.78. The second-order valence-electron chi connectivity index (χ2n) is 3.88. The minimum absolute atomic E-state index is 0.0142. The van der Waals surface area contributed by atoms with Crippen molar-refractivity contribution < 1.29 is 9.90 Å². The van der Waals surface area contributed by atoms with E-state index in [4.69, 9.17) is 11.6 Å². The van der Waals surface area contributed by atoms with Crippen LogP contribution < -0.4 is 5.32 Å². The van der Waals surface area contributed by atoms with Gasteiger partial charge in [0.15, 0.2) is 0 Å². The molecule has 0 saturated heterocycles. The molecule has 7 nitrogen and oxygen atoms in total. The fourth-order valence-electron chi connectivity index (χ4n) is 1.47. The molecule has 100 valence electrons. The van der Waals surface area contributed by atoms with Crippen molar-refractivity contribution in [1.29, 1.82) is 0 Å². The Morgan fingerprint density at radius 1 is 1.42 bits per heavy atom. The van der Waals surface area contributed by atoms with Crippen molar-refractivity contribution >= 4 is 17.5 Å². The van der Waals surface area contributed by atoms with Crippen molar-refractivity contribution in [3.8, 4) is 0 Å². The van der Waals surface area contributed by atoms with Crippen molar-refractivity contribution in [2.75, 3.05) is 6.54 Å². The lowest BCUT2D eigenvalue weighted by atomic mass is 10.1. The van der Waals surface area contributed by atoms with Crippen molar-refractivity contribution in [3.63, 3.8) is 0 Å². The Hall–Kier alpha value is -1.99. The van der Waals surface area contributed by atoms with E-state index in [9.17, 15) is 9.90 Å². The first-order valence-corrected chi connectivity index (χ1v) is 5.94. The molecule has 2 N–H and O–H groups in total. The first kappa shape index (κ1) is 13.4. The normalized spacial score (nSPS) is 12.1. The van der Waals surface area contributed by atoms with Gasteiger partial charge in [0.2, 0.25) is 5.91 Å². The molecule has 0 aliphatic rings. The lowest BCUT2D eigenvalue weighted by molar-refractivity contribution is -0.122. The number of carbonyl (C=O) groups excluding carboxylic acids is 1. The summed E-state index contributed by atoms with van der Waals surface area (Å²) < 4.78 is 1.30. The third kappa shape index (κ3) is 4.01. The summed E-state index contributed by atoms with van der Waals surface area (Å²) in [6.45, 7) is 0.128. The van der Waals surface area contributed by atoms with Crippen molar-refractivity contribution in [2.45, 2.75) is 12.6 Å². The minimum atomic E-state index is -0.782. The number of hydrogen-bond acceptors (Lipinski definition) is 5. The summed E-state index contributed by atoms with van der Waals surface area (Å²) in [5.74, 6) is -0.277. The molecular weight excluding hydrogens is 270 g/mol. The molecule has 8 heteroatoms. The second kappa shape index (κ2) is 6.26. The SMILES string of the molecule is O=C(Cn1cnnn1)NCC(O)c1ccc(Cl)cc1. The topological polar surface area (TPSA) is 92.9 Å². The van der Waals surface area contributed by atoms with Crippen molar-refractivity contribution in [2.24, 2.45) is 0 Å². The molecule has 0 aliphatic heterocycles. The van der Waals surface area contributed by atoms with E-state index >= 15 is 0 Å². The molecule has 1 amide bonds. The molecule has 0 saturated carbocycles. The highest BCUT2D eigenvalue weighted by molar-refractivity contribution is 6.30. The number of nitrogens with one attached hydrogen (secondary N) is 1. The summed E-state index contributed by atoms with van der Waals surface area (Å²) >= 11 is 5.75. The van der Waals surface area contributed by atoms with Crippen LogP contribution >= 0.6 is 11.6 Å². The van der Waals surface area contributed by atoms with Gasteiger partial charge in [-0.1, -0.05) is 23.7 Å². The van der Waals surface area contributed by atoms with Gasteiger partial charge in [-0.2, -0.15) is 0 Å². The Kier molecular flexibility index (Phi) is 4.43. The Bertz CT molecular complexity index is 529. The zero-order chi connectivity index (χ0) is 13.7. The Morgan fingerprint density at radius 3 is 2.79 bits per heavy atom. The van der Waals surface area contributed by atoms with E-state index in [1.807, 2.05) is 0 Å². The van der Waals surface area contributed by atoms with Gasteiger partial charge >= 0.3 is 0 Å². The maximum atomic E-state index is 11.5. The average Bonchev–Trinajstić information content (AvgIpc) is 2.89. The van der Waals surface area contributed by atoms with Crippen LogP contribution in [0.5, 0.6) is 0 Å². The smallest absolute Gasteiger partial charge is 0.241 e. The average molecular weight is 282 g/mol. The molecule has 0 radical (unpaired) electrons. The maximum absolute atomic E-state index is 11.5. The summed E-state index contributed by atoms with van der Waals surface area (Å²) in [4.78, 5) is 11.5. The van der Waals surface area contributed by atoms with E-state index in [1.165, 1.54) is 11.0 Å². The molecule has 0 spiro atoms.